The Morgan fingerprint density at radius 1 is 1.14 bits per heavy atom. The highest BCUT2D eigenvalue weighted by Gasteiger charge is 2.53. The van der Waals surface area contributed by atoms with Gasteiger partial charge in [-0.2, -0.15) is 0 Å². The normalized spacial score (nSPS) is 38.5. The van der Waals surface area contributed by atoms with Crippen molar-refractivity contribution in [3.05, 3.63) is 17.0 Å². The second-order valence-electron chi connectivity index (χ2n) is 7.81. The van der Waals surface area contributed by atoms with Gasteiger partial charge in [-0.25, -0.2) is 9.97 Å². The molecule has 3 nitrogen and oxygen atoms in total. The lowest BCUT2D eigenvalue weighted by Crippen LogP contribution is -2.53. The summed E-state index contributed by atoms with van der Waals surface area (Å²) < 4.78 is 0. The molecule has 21 heavy (non-hydrogen) atoms. The maximum absolute atomic E-state index is 5.99. The van der Waals surface area contributed by atoms with Crippen molar-refractivity contribution in [2.75, 3.05) is 5.32 Å². The zero-order valence-electron chi connectivity index (χ0n) is 12.9. The minimum absolute atomic E-state index is 0.343. The van der Waals surface area contributed by atoms with Gasteiger partial charge < -0.3 is 5.32 Å². The molecule has 0 aromatic carbocycles. The molecule has 0 amide bonds. The smallest absolute Gasteiger partial charge is 0.224 e. The fourth-order valence-corrected chi connectivity index (χ4v) is 5.91. The summed E-state index contributed by atoms with van der Waals surface area (Å²) in [7, 11) is 0. The predicted octanol–water partition coefficient (Wildman–Crippen LogP) is 4.46. The van der Waals surface area contributed by atoms with Crippen molar-refractivity contribution in [1.29, 1.82) is 0 Å². The van der Waals surface area contributed by atoms with E-state index in [1.165, 1.54) is 38.5 Å². The minimum atomic E-state index is 0.343. The highest BCUT2D eigenvalue weighted by molar-refractivity contribution is 6.28. The van der Waals surface area contributed by atoms with Crippen molar-refractivity contribution in [2.45, 2.75) is 58.4 Å². The van der Waals surface area contributed by atoms with Crippen LogP contribution in [0.3, 0.4) is 0 Å². The molecule has 4 aliphatic carbocycles. The van der Waals surface area contributed by atoms with E-state index in [4.69, 9.17) is 11.6 Å². The Labute approximate surface area is 131 Å². The van der Waals surface area contributed by atoms with Gasteiger partial charge in [-0.3, -0.25) is 0 Å². The summed E-state index contributed by atoms with van der Waals surface area (Å²) in [6.07, 6.45) is 8.69. The molecular formula is C17H24ClN3. The summed E-state index contributed by atoms with van der Waals surface area (Å²) in [5, 5.41) is 3.99. The lowest BCUT2D eigenvalue weighted by atomic mass is 9.48. The van der Waals surface area contributed by atoms with E-state index in [2.05, 4.69) is 22.2 Å². The first-order chi connectivity index (χ1) is 10.0. The second kappa shape index (κ2) is 4.84. The molecule has 0 radical (unpaired) electrons. The molecule has 1 aromatic heterocycles. The minimum Gasteiger partial charge on any atom is -0.367 e. The van der Waals surface area contributed by atoms with E-state index in [0.717, 1.165) is 29.3 Å². The van der Waals surface area contributed by atoms with Crippen LogP contribution < -0.4 is 5.32 Å². The maximum atomic E-state index is 5.99. The largest absolute Gasteiger partial charge is 0.367 e. The molecule has 1 aromatic rings. The fourth-order valence-electron chi connectivity index (χ4n) is 5.69. The summed E-state index contributed by atoms with van der Waals surface area (Å²) in [4.78, 5) is 8.49. The fraction of sp³-hybridized carbons (Fsp3) is 0.765. The Morgan fingerprint density at radius 3 is 2.24 bits per heavy atom. The molecule has 1 atom stereocenters. The van der Waals surface area contributed by atoms with Crippen LogP contribution in [0.5, 0.6) is 0 Å². The molecule has 1 heterocycles. The third-order valence-corrected chi connectivity index (χ3v) is 6.36. The van der Waals surface area contributed by atoms with Crippen LogP contribution in [0.1, 0.15) is 51.1 Å². The van der Waals surface area contributed by atoms with Crippen molar-refractivity contribution in [2.24, 2.45) is 23.2 Å². The molecule has 0 saturated heterocycles. The average molecular weight is 306 g/mol. The van der Waals surface area contributed by atoms with E-state index < -0.39 is 0 Å². The van der Waals surface area contributed by atoms with E-state index in [1.807, 2.05) is 13.0 Å². The lowest BCUT2D eigenvalue weighted by Gasteiger charge is -2.59. The summed E-state index contributed by atoms with van der Waals surface area (Å²) in [5.74, 6) is 3.83. The Bertz CT molecular complexity index is 501. The first-order valence-electron chi connectivity index (χ1n) is 8.30. The third kappa shape index (κ3) is 2.44. The standard InChI is InChI=1S/C17H24ClN3/c1-10-3-15(21-16(18)19-10)20-11(2)17-7-12-4-13(8-17)6-14(5-12)9-17/h3,11-14H,4-9H2,1-2H3,(H,19,20,21). The van der Waals surface area contributed by atoms with E-state index in [1.54, 1.807) is 0 Å². The van der Waals surface area contributed by atoms with Gasteiger partial charge in [0.15, 0.2) is 0 Å². The SMILES string of the molecule is Cc1cc(NC(C)C23CC4CC(CC(C4)C2)C3)nc(Cl)n1. The summed E-state index contributed by atoms with van der Waals surface area (Å²) >= 11 is 5.99. The summed E-state index contributed by atoms with van der Waals surface area (Å²) in [5.41, 5.74) is 1.41. The van der Waals surface area contributed by atoms with Gasteiger partial charge in [-0.15, -0.1) is 0 Å². The van der Waals surface area contributed by atoms with Gasteiger partial charge >= 0.3 is 0 Å². The van der Waals surface area contributed by atoms with Crippen LogP contribution in [0.15, 0.2) is 6.07 Å². The Morgan fingerprint density at radius 2 is 1.71 bits per heavy atom. The van der Waals surface area contributed by atoms with Gasteiger partial charge in [0.1, 0.15) is 5.82 Å². The Hall–Kier alpha value is -0.830. The molecule has 5 rings (SSSR count). The van der Waals surface area contributed by atoms with Crippen LogP contribution in [0.4, 0.5) is 5.82 Å². The molecule has 1 unspecified atom stereocenters. The number of hydrogen-bond donors (Lipinski definition) is 1. The highest BCUT2D eigenvalue weighted by atomic mass is 35.5. The molecule has 4 aliphatic rings. The van der Waals surface area contributed by atoms with Gasteiger partial charge in [0.2, 0.25) is 5.28 Å². The number of aryl methyl sites for hydroxylation is 1. The van der Waals surface area contributed by atoms with Gasteiger partial charge in [0.25, 0.3) is 0 Å². The summed E-state index contributed by atoms with van der Waals surface area (Å²) in [6, 6.07) is 2.47. The van der Waals surface area contributed by atoms with Crippen molar-refractivity contribution in [3.63, 3.8) is 0 Å². The monoisotopic (exact) mass is 305 g/mol. The predicted molar refractivity (Wildman–Crippen MR) is 85.5 cm³/mol. The van der Waals surface area contributed by atoms with Crippen LogP contribution in [-0.2, 0) is 0 Å². The molecule has 0 aliphatic heterocycles. The van der Waals surface area contributed by atoms with E-state index in [9.17, 15) is 0 Å². The van der Waals surface area contributed by atoms with Crippen LogP contribution >= 0.6 is 11.6 Å². The van der Waals surface area contributed by atoms with Crippen molar-refractivity contribution >= 4 is 17.4 Å². The molecule has 4 heteroatoms. The van der Waals surface area contributed by atoms with E-state index in [-0.39, 0.29) is 0 Å². The highest BCUT2D eigenvalue weighted by Crippen LogP contribution is 2.61. The molecule has 4 fully saturated rings. The van der Waals surface area contributed by atoms with Crippen LogP contribution in [-0.4, -0.2) is 16.0 Å². The number of nitrogens with one attached hydrogen (secondary N) is 1. The lowest BCUT2D eigenvalue weighted by molar-refractivity contribution is -0.0603. The van der Waals surface area contributed by atoms with Crippen molar-refractivity contribution in [1.82, 2.24) is 9.97 Å². The second-order valence-corrected chi connectivity index (χ2v) is 8.15. The quantitative estimate of drug-likeness (QED) is 0.838. The van der Waals surface area contributed by atoms with Crippen molar-refractivity contribution in [3.8, 4) is 0 Å². The third-order valence-electron chi connectivity index (χ3n) is 6.20. The van der Waals surface area contributed by atoms with Crippen LogP contribution in [0.2, 0.25) is 5.28 Å². The molecule has 4 saturated carbocycles. The molecule has 4 bridgehead atoms. The number of halogens is 1. The first-order valence-corrected chi connectivity index (χ1v) is 8.68. The van der Waals surface area contributed by atoms with E-state index >= 15 is 0 Å². The number of anilines is 1. The zero-order valence-corrected chi connectivity index (χ0v) is 13.7. The van der Waals surface area contributed by atoms with Crippen LogP contribution in [0.25, 0.3) is 0 Å². The number of nitrogens with zero attached hydrogens (tertiary/aromatic N) is 2. The molecule has 1 N–H and O–H groups in total. The van der Waals surface area contributed by atoms with Gasteiger partial charge in [0.05, 0.1) is 0 Å². The van der Waals surface area contributed by atoms with Crippen molar-refractivity contribution < 1.29 is 0 Å². The Kier molecular flexibility index (Phi) is 3.18. The van der Waals surface area contributed by atoms with Crippen LogP contribution in [0, 0.1) is 30.1 Å². The number of hydrogen-bond acceptors (Lipinski definition) is 3. The topological polar surface area (TPSA) is 37.8 Å². The maximum Gasteiger partial charge on any atom is 0.224 e. The molecule has 0 spiro atoms. The van der Waals surface area contributed by atoms with Gasteiger partial charge in [-0.05, 0) is 87.1 Å². The average Bonchev–Trinajstić information content (AvgIpc) is 2.35. The summed E-state index contributed by atoms with van der Waals surface area (Å²) in [6.45, 7) is 4.31. The van der Waals surface area contributed by atoms with E-state index in [0.29, 0.717) is 16.7 Å². The molecule has 114 valence electrons. The van der Waals surface area contributed by atoms with Gasteiger partial charge in [-0.1, -0.05) is 0 Å². The first kappa shape index (κ1) is 13.8. The Balaban J connectivity index is 1.55. The molecular weight excluding hydrogens is 282 g/mol. The van der Waals surface area contributed by atoms with Gasteiger partial charge in [0, 0.05) is 17.8 Å². The zero-order chi connectivity index (χ0) is 14.6. The number of rotatable bonds is 3. The number of aromatic nitrogens is 2.